The lowest BCUT2D eigenvalue weighted by atomic mass is 10.1. The third kappa shape index (κ3) is 3.50. The van der Waals surface area contributed by atoms with Crippen molar-refractivity contribution in [3.8, 4) is 0 Å². The Balaban J connectivity index is 1.62. The second kappa shape index (κ2) is 6.51. The van der Waals surface area contributed by atoms with Crippen LogP contribution in [0.2, 0.25) is 10.3 Å². The van der Waals surface area contributed by atoms with Gasteiger partial charge in [0.25, 0.3) is 5.91 Å². The standard InChI is InChI=1S/C15H19Cl2N3O/c16-13-9-11(10-14(17)18-13)15(21)20-7-5-19(6-8-20)12-3-1-2-4-12/h9-10,12H,1-8H2. The zero-order valence-electron chi connectivity index (χ0n) is 11.9. The van der Waals surface area contributed by atoms with Crippen molar-refractivity contribution in [2.45, 2.75) is 31.7 Å². The van der Waals surface area contributed by atoms with E-state index < -0.39 is 0 Å². The van der Waals surface area contributed by atoms with Crippen molar-refractivity contribution in [2.75, 3.05) is 26.2 Å². The second-order valence-electron chi connectivity index (χ2n) is 5.77. The van der Waals surface area contributed by atoms with Gasteiger partial charge in [-0.15, -0.1) is 0 Å². The van der Waals surface area contributed by atoms with Crippen LogP contribution in [0.3, 0.4) is 0 Å². The molecule has 6 heteroatoms. The molecule has 1 aromatic heterocycles. The smallest absolute Gasteiger partial charge is 0.254 e. The average Bonchev–Trinajstić information content (AvgIpc) is 3.00. The van der Waals surface area contributed by atoms with E-state index >= 15 is 0 Å². The van der Waals surface area contributed by atoms with Crippen LogP contribution in [0.25, 0.3) is 0 Å². The van der Waals surface area contributed by atoms with E-state index in [-0.39, 0.29) is 16.2 Å². The van der Waals surface area contributed by atoms with Crippen LogP contribution in [0.15, 0.2) is 12.1 Å². The lowest BCUT2D eigenvalue weighted by Crippen LogP contribution is -2.51. The Morgan fingerprint density at radius 3 is 2.19 bits per heavy atom. The highest BCUT2D eigenvalue weighted by Gasteiger charge is 2.28. The van der Waals surface area contributed by atoms with Crippen molar-refractivity contribution < 1.29 is 4.79 Å². The first kappa shape index (κ1) is 15.1. The van der Waals surface area contributed by atoms with Crippen LogP contribution in [-0.2, 0) is 0 Å². The molecule has 2 heterocycles. The van der Waals surface area contributed by atoms with Gasteiger partial charge in [0.05, 0.1) is 0 Å². The van der Waals surface area contributed by atoms with Gasteiger partial charge < -0.3 is 4.90 Å². The predicted octanol–water partition coefficient (Wildman–Crippen LogP) is 3.09. The molecule has 2 aliphatic rings. The summed E-state index contributed by atoms with van der Waals surface area (Å²) in [6.45, 7) is 3.46. The number of amides is 1. The van der Waals surface area contributed by atoms with Crippen LogP contribution in [0.4, 0.5) is 0 Å². The van der Waals surface area contributed by atoms with Crippen molar-refractivity contribution in [3.05, 3.63) is 28.0 Å². The molecular formula is C15H19Cl2N3O. The molecule has 1 aliphatic carbocycles. The van der Waals surface area contributed by atoms with E-state index in [4.69, 9.17) is 23.2 Å². The Kier molecular flexibility index (Phi) is 4.67. The van der Waals surface area contributed by atoms with Crippen molar-refractivity contribution in [2.24, 2.45) is 0 Å². The van der Waals surface area contributed by atoms with E-state index in [1.807, 2.05) is 4.90 Å². The molecule has 1 aliphatic heterocycles. The number of hydrogen-bond donors (Lipinski definition) is 0. The molecule has 0 unspecified atom stereocenters. The van der Waals surface area contributed by atoms with E-state index in [1.165, 1.54) is 25.7 Å². The molecule has 0 aromatic carbocycles. The van der Waals surface area contributed by atoms with Gasteiger partial charge >= 0.3 is 0 Å². The molecule has 4 nitrogen and oxygen atoms in total. The minimum Gasteiger partial charge on any atom is -0.336 e. The third-order valence-corrected chi connectivity index (χ3v) is 4.84. The maximum atomic E-state index is 12.5. The highest BCUT2D eigenvalue weighted by atomic mass is 35.5. The monoisotopic (exact) mass is 327 g/mol. The lowest BCUT2D eigenvalue weighted by Gasteiger charge is -2.38. The van der Waals surface area contributed by atoms with Gasteiger partial charge in [0, 0.05) is 37.8 Å². The molecule has 0 atom stereocenters. The molecule has 2 fully saturated rings. The van der Waals surface area contributed by atoms with Crippen LogP contribution in [-0.4, -0.2) is 52.9 Å². The van der Waals surface area contributed by atoms with E-state index in [0.29, 0.717) is 5.56 Å². The summed E-state index contributed by atoms with van der Waals surface area (Å²) in [4.78, 5) is 20.8. The zero-order valence-corrected chi connectivity index (χ0v) is 13.4. The fourth-order valence-corrected chi connectivity index (χ4v) is 3.79. The molecule has 0 radical (unpaired) electrons. The van der Waals surface area contributed by atoms with E-state index in [9.17, 15) is 4.79 Å². The molecule has 1 saturated heterocycles. The third-order valence-electron chi connectivity index (χ3n) is 4.45. The molecule has 114 valence electrons. The lowest BCUT2D eigenvalue weighted by molar-refractivity contribution is 0.0573. The number of hydrogen-bond acceptors (Lipinski definition) is 3. The Bertz CT molecular complexity index is 503. The molecule has 0 spiro atoms. The van der Waals surface area contributed by atoms with Crippen molar-refractivity contribution in [1.29, 1.82) is 0 Å². The number of aromatic nitrogens is 1. The van der Waals surface area contributed by atoms with Crippen LogP contribution in [0, 0.1) is 0 Å². The minimum absolute atomic E-state index is 0.00716. The van der Waals surface area contributed by atoms with Crippen molar-refractivity contribution >= 4 is 29.1 Å². The fraction of sp³-hybridized carbons (Fsp3) is 0.600. The summed E-state index contributed by atoms with van der Waals surface area (Å²) < 4.78 is 0. The number of piperazine rings is 1. The summed E-state index contributed by atoms with van der Waals surface area (Å²) in [5.41, 5.74) is 0.523. The van der Waals surface area contributed by atoms with Gasteiger partial charge in [-0.1, -0.05) is 36.0 Å². The number of nitrogens with zero attached hydrogens (tertiary/aromatic N) is 3. The largest absolute Gasteiger partial charge is 0.336 e. The van der Waals surface area contributed by atoms with Gasteiger partial charge in [0.2, 0.25) is 0 Å². The van der Waals surface area contributed by atoms with Gasteiger partial charge in [-0.25, -0.2) is 4.98 Å². The number of carbonyl (C=O) groups excluding carboxylic acids is 1. The van der Waals surface area contributed by atoms with E-state index in [2.05, 4.69) is 9.88 Å². The zero-order chi connectivity index (χ0) is 14.8. The summed E-state index contributed by atoms with van der Waals surface area (Å²) in [7, 11) is 0. The van der Waals surface area contributed by atoms with Crippen molar-refractivity contribution in [3.63, 3.8) is 0 Å². The van der Waals surface area contributed by atoms with E-state index in [0.717, 1.165) is 32.2 Å². The number of carbonyl (C=O) groups is 1. The van der Waals surface area contributed by atoms with Crippen LogP contribution in [0.5, 0.6) is 0 Å². The minimum atomic E-state index is -0.00716. The topological polar surface area (TPSA) is 36.4 Å². The van der Waals surface area contributed by atoms with Crippen LogP contribution in [0.1, 0.15) is 36.0 Å². The Morgan fingerprint density at radius 2 is 1.62 bits per heavy atom. The Labute approximate surface area is 135 Å². The van der Waals surface area contributed by atoms with Gasteiger partial charge in [-0.2, -0.15) is 0 Å². The Hall–Kier alpha value is -0.840. The molecular weight excluding hydrogens is 309 g/mol. The first-order valence-corrected chi connectivity index (χ1v) is 8.25. The number of pyridine rings is 1. The molecule has 0 N–H and O–H groups in total. The quantitative estimate of drug-likeness (QED) is 0.783. The Morgan fingerprint density at radius 1 is 1.05 bits per heavy atom. The highest BCUT2D eigenvalue weighted by molar-refractivity contribution is 6.33. The summed E-state index contributed by atoms with van der Waals surface area (Å²) in [5.74, 6) is -0.00716. The number of rotatable bonds is 2. The summed E-state index contributed by atoms with van der Waals surface area (Å²) in [6, 6.07) is 3.89. The molecule has 0 bridgehead atoms. The molecule has 1 aromatic rings. The van der Waals surface area contributed by atoms with Crippen molar-refractivity contribution in [1.82, 2.24) is 14.8 Å². The molecule has 3 rings (SSSR count). The molecule has 1 saturated carbocycles. The first-order chi connectivity index (χ1) is 10.1. The molecule has 21 heavy (non-hydrogen) atoms. The van der Waals surface area contributed by atoms with E-state index in [1.54, 1.807) is 12.1 Å². The van der Waals surface area contributed by atoms with Gasteiger partial charge in [0.1, 0.15) is 10.3 Å². The van der Waals surface area contributed by atoms with Crippen LogP contribution >= 0.6 is 23.2 Å². The van der Waals surface area contributed by atoms with Gasteiger partial charge in [-0.3, -0.25) is 9.69 Å². The summed E-state index contributed by atoms with van der Waals surface area (Å²) >= 11 is 11.7. The first-order valence-electron chi connectivity index (χ1n) is 7.50. The summed E-state index contributed by atoms with van der Waals surface area (Å²) in [5, 5.41) is 0.519. The second-order valence-corrected chi connectivity index (χ2v) is 6.54. The SMILES string of the molecule is O=C(c1cc(Cl)nc(Cl)c1)N1CCN(C2CCCC2)CC1. The van der Waals surface area contributed by atoms with Gasteiger partial charge in [-0.05, 0) is 25.0 Å². The highest BCUT2D eigenvalue weighted by Crippen LogP contribution is 2.25. The summed E-state index contributed by atoms with van der Waals surface area (Å²) in [6.07, 6.45) is 5.31. The number of halogens is 2. The fourth-order valence-electron chi connectivity index (χ4n) is 3.33. The predicted molar refractivity (Wildman–Crippen MR) is 84.0 cm³/mol. The van der Waals surface area contributed by atoms with Crippen LogP contribution < -0.4 is 0 Å². The maximum Gasteiger partial charge on any atom is 0.254 e. The van der Waals surface area contributed by atoms with Gasteiger partial charge in [0.15, 0.2) is 0 Å². The maximum absolute atomic E-state index is 12.5. The normalized spacial score (nSPS) is 21.0. The molecule has 1 amide bonds. The average molecular weight is 328 g/mol.